The number of rotatable bonds is 11. The standard InChI is InChI=1S/C17H28N2O5S/c1-6-24-17(21)15-12(2)13(3)25-16(15)18-14(20)11-19(7-9-22-4)8-10-23-5/h6-11H2,1-5H3,(H,18,20)/p+1. The van der Waals surface area contributed by atoms with E-state index in [1.54, 1.807) is 21.1 Å². The van der Waals surface area contributed by atoms with E-state index in [4.69, 9.17) is 14.2 Å². The van der Waals surface area contributed by atoms with Crippen LogP contribution in [0.1, 0.15) is 27.7 Å². The first-order valence-electron chi connectivity index (χ1n) is 8.32. The number of hydrogen-bond acceptors (Lipinski definition) is 6. The number of anilines is 1. The van der Waals surface area contributed by atoms with Crippen molar-refractivity contribution in [3.8, 4) is 0 Å². The molecule has 0 radical (unpaired) electrons. The average Bonchev–Trinajstić information content (AvgIpc) is 2.84. The van der Waals surface area contributed by atoms with E-state index in [9.17, 15) is 9.59 Å². The third-order valence-electron chi connectivity index (χ3n) is 3.85. The van der Waals surface area contributed by atoms with Crippen LogP contribution in [-0.2, 0) is 19.0 Å². The van der Waals surface area contributed by atoms with Gasteiger partial charge in [0.05, 0.1) is 25.4 Å². The van der Waals surface area contributed by atoms with Gasteiger partial charge in [-0.2, -0.15) is 0 Å². The molecule has 0 spiro atoms. The largest absolute Gasteiger partial charge is 0.462 e. The lowest BCUT2D eigenvalue weighted by molar-refractivity contribution is -0.892. The van der Waals surface area contributed by atoms with Gasteiger partial charge in [0.25, 0.3) is 5.91 Å². The maximum atomic E-state index is 12.4. The molecule has 0 aliphatic carbocycles. The number of amides is 1. The Hall–Kier alpha value is -1.48. The van der Waals surface area contributed by atoms with Gasteiger partial charge in [-0.3, -0.25) is 4.79 Å². The van der Waals surface area contributed by atoms with Crippen molar-refractivity contribution in [1.29, 1.82) is 0 Å². The summed E-state index contributed by atoms with van der Waals surface area (Å²) in [6.45, 7) is 8.68. The van der Waals surface area contributed by atoms with Crippen LogP contribution in [0, 0.1) is 13.8 Å². The molecule has 0 atom stereocenters. The quantitative estimate of drug-likeness (QED) is 0.557. The molecule has 0 aliphatic rings. The molecular weight excluding hydrogens is 344 g/mol. The molecule has 0 aromatic carbocycles. The summed E-state index contributed by atoms with van der Waals surface area (Å²) in [6, 6.07) is 0. The minimum atomic E-state index is -0.400. The second-order valence-corrected chi connectivity index (χ2v) is 6.89. The van der Waals surface area contributed by atoms with Crippen LogP contribution in [0.4, 0.5) is 5.00 Å². The summed E-state index contributed by atoms with van der Waals surface area (Å²) in [4.78, 5) is 26.7. The molecule has 142 valence electrons. The van der Waals surface area contributed by atoms with Crippen molar-refractivity contribution in [3.63, 3.8) is 0 Å². The minimum Gasteiger partial charge on any atom is -0.462 e. The van der Waals surface area contributed by atoms with Crippen molar-refractivity contribution in [2.24, 2.45) is 0 Å². The van der Waals surface area contributed by atoms with Crippen LogP contribution in [-0.4, -0.2) is 65.6 Å². The maximum Gasteiger partial charge on any atom is 0.341 e. The number of ether oxygens (including phenoxy) is 3. The van der Waals surface area contributed by atoms with Crippen molar-refractivity contribution >= 4 is 28.2 Å². The molecular formula is C17H29N2O5S+. The number of aryl methyl sites for hydroxylation is 1. The Morgan fingerprint density at radius 3 is 2.24 bits per heavy atom. The highest BCUT2D eigenvalue weighted by Crippen LogP contribution is 2.32. The van der Waals surface area contributed by atoms with E-state index in [0.717, 1.165) is 15.3 Å². The Labute approximate surface area is 153 Å². The second-order valence-electron chi connectivity index (χ2n) is 5.67. The fraction of sp³-hybridized carbons (Fsp3) is 0.647. The molecule has 8 heteroatoms. The van der Waals surface area contributed by atoms with Gasteiger partial charge in [0, 0.05) is 19.1 Å². The van der Waals surface area contributed by atoms with Crippen LogP contribution >= 0.6 is 11.3 Å². The zero-order chi connectivity index (χ0) is 18.8. The molecule has 1 rings (SSSR count). The highest BCUT2D eigenvalue weighted by molar-refractivity contribution is 7.16. The zero-order valence-electron chi connectivity index (χ0n) is 15.7. The molecule has 1 amide bonds. The maximum absolute atomic E-state index is 12.4. The van der Waals surface area contributed by atoms with Gasteiger partial charge in [-0.15, -0.1) is 11.3 Å². The predicted molar refractivity (Wildman–Crippen MR) is 97.7 cm³/mol. The molecule has 1 aromatic rings. The fourth-order valence-corrected chi connectivity index (χ4v) is 3.42. The predicted octanol–water partition coefficient (Wildman–Crippen LogP) is 0.658. The summed E-state index contributed by atoms with van der Waals surface area (Å²) in [5.41, 5.74) is 1.30. The van der Waals surface area contributed by atoms with Crippen LogP contribution in [0.15, 0.2) is 0 Å². The summed E-state index contributed by atoms with van der Waals surface area (Å²) in [6.07, 6.45) is 0. The summed E-state index contributed by atoms with van der Waals surface area (Å²) < 4.78 is 15.3. The lowest BCUT2D eigenvalue weighted by Gasteiger charge is -2.18. The fourth-order valence-electron chi connectivity index (χ4n) is 2.36. The average molecular weight is 373 g/mol. The SMILES string of the molecule is CCOC(=O)c1c(NC(=O)C[NH+](CCOC)CCOC)sc(C)c1C. The van der Waals surface area contributed by atoms with Gasteiger partial charge in [-0.05, 0) is 26.3 Å². The van der Waals surface area contributed by atoms with E-state index in [1.165, 1.54) is 11.3 Å². The molecule has 1 heterocycles. The normalized spacial score (nSPS) is 11.0. The second kappa shape index (κ2) is 11.2. The summed E-state index contributed by atoms with van der Waals surface area (Å²) in [5.74, 6) is -0.545. The van der Waals surface area contributed by atoms with Gasteiger partial charge in [0.15, 0.2) is 6.54 Å². The number of nitrogens with one attached hydrogen (secondary N) is 2. The van der Waals surface area contributed by atoms with Gasteiger partial charge in [0.2, 0.25) is 0 Å². The molecule has 0 fully saturated rings. The number of methoxy groups -OCH3 is 2. The topological polar surface area (TPSA) is 78.3 Å². The molecule has 0 aliphatic heterocycles. The van der Waals surface area contributed by atoms with Gasteiger partial charge in [0.1, 0.15) is 18.1 Å². The Morgan fingerprint density at radius 2 is 1.72 bits per heavy atom. The highest BCUT2D eigenvalue weighted by Gasteiger charge is 2.23. The van der Waals surface area contributed by atoms with E-state index in [0.29, 0.717) is 43.5 Å². The number of thiophene rings is 1. The number of carbonyl (C=O) groups is 2. The molecule has 0 unspecified atom stereocenters. The number of hydrogen-bond donors (Lipinski definition) is 2. The smallest absolute Gasteiger partial charge is 0.341 e. The lowest BCUT2D eigenvalue weighted by Crippen LogP contribution is -3.14. The van der Waals surface area contributed by atoms with Crippen molar-refractivity contribution in [2.75, 3.05) is 59.0 Å². The summed E-state index contributed by atoms with van der Waals surface area (Å²) in [7, 11) is 3.27. The lowest BCUT2D eigenvalue weighted by atomic mass is 10.1. The third-order valence-corrected chi connectivity index (χ3v) is 4.97. The molecule has 25 heavy (non-hydrogen) atoms. The number of esters is 1. The minimum absolute atomic E-state index is 0.144. The third kappa shape index (κ3) is 6.74. The van der Waals surface area contributed by atoms with Crippen molar-refractivity contribution in [3.05, 3.63) is 16.0 Å². The van der Waals surface area contributed by atoms with E-state index >= 15 is 0 Å². The van der Waals surface area contributed by atoms with Crippen LogP contribution in [0.5, 0.6) is 0 Å². The van der Waals surface area contributed by atoms with Gasteiger partial charge in [-0.25, -0.2) is 4.79 Å². The first-order valence-corrected chi connectivity index (χ1v) is 9.14. The first kappa shape index (κ1) is 21.6. The zero-order valence-corrected chi connectivity index (χ0v) is 16.5. The Bertz CT molecular complexity index is 566. The molecule has 0 saturated carbocycles. The summed E-state index contributed by atoms with van der Waals surface area (Å²) in [5, 5.41) is 3.42. The van der Waals surface area contributed by atoms with Gasteiger partial charge < -0.3 is 24.4 Å². The van der Waals surface area contributed by atoms with Crippen molar-refractivity contribution in [2.45, 2.75) is 20.8 Å². The first-order chi connectivity index (χ1) is 11.9. The molecule has 7 nitrogen and oxygen atoms in total. The summed E-state index contributed by atoms with van der Waals surface area (Å²) >= 11 is 1.39. The molecule has 2 N–H and O–H groups in total. The van der Waals surface area contributed by atoms with Gasteiger partial charge >= 0.3 is 5.97 Å². The van der Waals surface area contributed by atoms with Crippen LogP contribution in [0.2, 0.25) is 0 Å². The molecule has 1 aromatic heterocycles. The van der Waals surface area contributed by atoms with E-state index in [-0.39, 0.29) is 12.5 Å². The monoisotopic (exact) mass is 373 g/mol. The Balaban J connectivity index is 2.80. The van der Waals surface area contributed by atoms with Crippen molar-refractivity contribution in [1.82, 2.24) is 0 Å². The number of quaternary nitrogens is 1. The Morgan fingerprint density at radius 1 is 1.12 bits per heavy atom. The molecule has 0 bridgehead atoms. The molecule has 0 saturated heterocycles. The van der Waals surface area contributed by atoms with Gasteiger partial charge in [-0.1, -0.05) is 0 Å². The number of carbonyl (C=O) groups excluding carboxylic acids is 2. The van der Waals surface area contributed by atoms with E-state index in [1.807, 2.05) is 13.8 Å². The van der Waals surface area contributed by atoms with E-state index in [2.05, 4.69) is 5.32 Å². The highest BCUT2D eigenvalue weighted by atomic mass is 32.1. The van der Waals surface area contributed by atoms with Crippen LogP contribution in [0.25, 0.3) is 0 Å². The van der Waals surface area contributed by atoms with E-state index < -0.39 is 5.97 Å². The Kier molecular flexibility index (Phi) is 9.66. The van der Waals surface area contributed by atoms with Crippen LogP contribution in [0.3, 0.4) is 0 Å². The van der Waals surface area contributed by atoms with Crippen LogP contribution < -0.4 is 10.2 Å². The van der Waals surface area contributed by atoms with Crippen molar-refractivity contribution < 1.29 is 28.7 Å².